The van der Waals surface area contributed by atoms with Crippen LogP contribution in [0.5, 0.6) is 11.6 Å². The van der Waals surface area contributed by atoms with E-state index in [0.717, 1.165) is 10.9 Å². The largest absolute Gasteiger partial charge is 0.435 e. The Hall–Kier alpha value is -2.53. The molecule has 1 aliphatic rings. The van der Waals surface area contributed by atoms with Crippen LogP contribution in [0.1, 0.15) is 68.5 Å². The van der Waals surface area contributed by atoms with Crippen molar-refractivity contribution >= 4 is 47.0 Å². The van der Waals surface area contributed by atoms with Crippen molar-refractivity contribution < 1.29 is 22.8 Å². The molecule has 0 N–H and O–H groups in total. The monoisotopic (exact) mass is 737 g/mol. The lowest BCUT2D eigenvalue weighted by Crippen LogP contribution is -2.54. The zero-order chi connectivity index (χ0) is 37.1. The molecule has 4 aromatic rings. The molecule has 13 heteroatoms. The molecule has 1 saturated heterocycles. The van der Waals surface area contributed by atoms with Crippen molar-refractivity contribution in [3.8, 4) is 11.6 Å². The number of nitrogens with zero attached hydrogens (tertiary/aromatic N) is 5. The molecule has 1 fully saturated rings. The average molecular weight is 738 g/mol. The first-order valence-corrected chi connectivity index (χ1v) is 26.5. The van der Waals surface area contributed by atoms with Gasteiger partial charge in [0.25, 0.3) is 5.88 Å². The molecule has 5 rings (SSSR count). The van der Waals surface area contributed by atoms with Gasteiger partial charge >= 0.3 is 0 Å². The van der Waals surface area contributed by atoms with Crippen molar-refractivity contribution in [3.05, 3.63) is 49.2 Å². The standard InChI is InChI=1S/C37H59N5O5Si3/c1-35(2,3)48(10,11)43-22-27-30(46-49(12,13)36(4,5)6)31(47-50(14,15)37(7,8)9)34(45-27)42-24-41-29-32(42)39-23-40-33(29)44-26-20-16-18-25-19-17-21-38-28(25)26/h16-21,23-24,27,30-31,34H,22H2,1-15H3/t27-,30-,31-,34-/m1/s1. The number of hydrogen-bond donors (Lipinski definition) is 0. The molecule has 0 radical (unpaired) electrons. The van der Waals surface area contributed by atoms with Crippen molar-refractivity contribution in [3.63, 3.8) is 0 Å². The SMILES string of the molecule is CC(C)(C)[Si](C)(C)OC[C@H]1O[C@@H](n2cnc3c(Oc4cccc5cccnc45)ncnc32)[C@H](O[Si](C)(C)C(C)(C)C)[C@@H]1O[Si](C)(C)C(C)(C)C. The summed E-state index contributed by atoms with van der Waals surface area (Å²) in [6.07, 6.45) is 3.30. The highest BCUT2D eigenvalue weighted by Gasteiger charge is 2.55. The molecule has 10 nitrogen and oxygen atoms in total. The number of para-hydroxylation sites is 1. The topological polar surface area (TPSA) is 103 Å². The maximum Gasteiger partial charge on any atom is 0.251 e. The number of benzene rings is 1. The van der Waals surface area contributed by atoms with E-state index >= 15 is 0 Å². The average Bonchev–Trinajstić information content (AvgIpc) is 3.56. The second kappa shape index (κ2) is 13.5. The minimum atomic E-state index is -2.34. The molecule has 274 valence electrons. The van der Waals surface area contributed by atoms with E-state index in [1.165, 1.54) is 6.33 Å². The summed E-state index contributed by atoms with van der Waals surface area (Å²) in [7, 11) is -6.74. The Morgan fingerprint density at radius 3 is 1.92 bits per heavy atom. The molecule has 0 bridgehead atoms. The van der Waals surface area contributed by atoms with Gasteiger partial charge in [0.1, 0.15) is 30.2 Å². The maximum absolute atomic E-state index is 7.36. The molecule has 1 aromatic carbocycles. The Labute approximate surface area is 302 Å². The number of pyridine rings is 1. The summed E-state index contributed by atoms with van der Waals surface area (Å²) in [5, 5.41) is 0.964. The fourth-order valence-corrected chi connectivity index (χ4v) is 8.85. The van der Waals surface area contributed by atoms with Crippen LogP contribution >= 0.6 is 0 Å². The second-order valence-electron chi connectivity index (χ2n) is 18.3. The van der Waals surface area contributed by atoms with E-state index in [1.807, 2.05) is 34.9 Å². The predicted molar refractivity (Wildman–Crippen MR) is 208 cm³/mol. The van der Waals surface area contributed by atoms with Crippen LogP contribution in [0.2, 0.25) is 54.4 Å². The summed E-state index contributed by atoms with van der Waals surface area (Å²) in [6, 6.07) is 9.76. The van der Waals surface area contributed by atoms with Gasteiger partial charge in [-0.15, -0.1) is 0 Å². The van der Waals surface area contributed by atoms with Crippen LogP contribution in [-0.2, 0) is 18.0 Å². The minimum absolute atomic E-state index is 0.0188. The third-order valence-electron chi connectivity index (χ3n) is 11.6. The van der Waals surface area contributed by atoms with Crippen LogP contribution in [-0.4, -0.2) is 74.4 Å². The van der Waals surface area contributed by atoms with Crippen LogP contribution < -0.4 is 4.74 Å². The van der Waals surface area contributed by atoms with Gasteiger partial charge in [0.2, 0.25) is 0 Å². The molecule has 0 unspecified atom stereocenters. The zero-order valence-corrected chi connectivity index (χ0v) is 35.9. The summed E-state index contributed by atoms with van der Waals surface area (Å²) < 4.78 is 37.0. The van der Waals surface area contributed by atoms with Gasteiger partial charge in [-0.1, -0.05) is 80.5 Å². The fraction of sp³-hybridized carbons (Fsp3) is 0.622. The molecule has 0 aliphatic carbocycles. The Morgan fingerprint density at radius 1 is 0.700 bits per heavy atom. The lowest BCUT2D eigenvalue weighted by Gasteiger charge is -2.44. The van der Waals surface area contributed by atoms with Gasteiger partial charge in [0.05, 0.1) is 12.9 Å². The Kier molecular flexibility index (Phi) is 10.4. The van der Waals surface area contributed by atoms with E-state index in [0.29, 0.717) is 29.4 Å². The maximum atomic E-state index is 7.36. The van der Waals surface area contributed by atoms with Gasteiger partial charge in [-0.2, -0.15) is 4.98 Å². The lowest BCUT2D eigenvalue weighted by atomic mass is 10.1. The summed E-state index contributed by atoms with van der Waals surface area (Å²) in [6.45, 7) is 34.5. The molecular weight excluding hydrogens is 679 g/mol. The van der Waals surface area contributed by atoms with Gasteiger partial charge in [-0.3, -0.25) is 9.55 Å². The smallest absolute Gasteiger partial charge is 0.251 e. The highest BCUT2D eigenvalue weighted by Crippen LogP contribution is 2.47. The zero-order valence-electron chi connectivity index (χ0n) is 32.9. The molecule has 3 aromatic heterocycles. The number of ether oxygens (including phenoxy) is 2. The molecule has 50 heavy (non-hydrogen) atoms. The highest BCUT2D eigenvalue weighted by atomic mass is 28.4. The normalized spacial score (nSPS) is 21.3. The van der Waals surface area contributed by atoms with E-state index in [1.54, 1.807) is 12.5 Å². The van der Waals surface area contributed by atoms with Crippen molar-refractivity contribution in [1.82, 2.24) is 24.5 Å². The van der Waals surface area contributed by atoms with E-state index in [9.17, 15) is 0 Å². The minimum Gasteiger partial charge on any atom is -0.435 e. The Balaban J connectivity index is 1.60. The second-order valence-corrected chi connectivity index (χ2v) is 32.6. The van der Waals surface area contributed by atoms with Gasteiger partial charge in [0, 0.05) is 11.6 Å². The van der Waals surface area contributed by atoms with Gasteiger partial charge in [-0.05, 0) is 66.5 Å². The number of rotatable bonds is 10. The highest BCUT2D eigenvalue weighted by molar-refractivity contribution is 6.75. The third-order valence-corrected chi connectivity index (χ3v) is 25.0. The summed E-state index contributed by atoms with van der Waals surface area (Å²) >= 11 is 0. The Bertz CT molecular complexity index is 1800. The van der Waals surface area contributed by atoms with Crippen LogP contribution in [0.15, 0.2) is 49.2 Å². The van der Waals surface area contributed by atoms with Gasteiger partial charge in [0.15, 0.2) is 48.1 Å². The summed E-state index contributed by atoms with van der Waals surface area (Å²) in [4.78, 5) is 18.6. The number of fused-ring (bicyclic) bond motifs is 2. The molecular formula is C37H59N5O5Si3. The van der Waals surface area contributed by atoms with Crippen molar-refractivity contribution in [2.24, 2.45) is 0 Å². The third kappa shape index (κ3) is 7.64. The first kappa shape index (κ1) is 38.7. The van der Waals surface area contributed by atoms with Crippen LogP contribution in [0.3, 0.4) is 0 Å². The van der Waals surface area contributed by atoms with E-state index in [-0.39, 0.29) is 27.3 Å². The van der Waals surface area contributed by atoms with E-state index in [2.05, 4.69) is 112 Å². The van der Waals surface area contributed by atoms with Crippen LogP contribution in [0, 0.1) is 0 Å². The van der Waals surface area contributed by atoms with Crippen LogP contribution in [0.4, 0.5) is 0 Å². The predicted octanol–water partition coefficient (Wildman–Crippen LogP) is 9.87. The molecule has 0 saturated carbocycles. The number of aromatic nitrogens is 5. The lowest BCUT2D eigenvalue weighted by molar-refractivity contribution is -0.0470. The fourth-order valence-electron chi connectivity index (χ4n) is 5.23. The Morgan fingerprint density at radius 2 is 1.30 bits per heavy atom. The van der Waals surface area contributed by atoms with E-state index in [4.69, 9.17) is 32.7 Å². The first-order valence-electron chi connectivity index (χ1n) is 17.8. The number of hydrogen-bond acceptors (Lipinski definition) is 9. The molecule has 1 aliphatic heterocycles. The van der Waals surface area contributed by atoms with Crippen molar-refractivity contribution in [2.75, 3.05) is 6.61 Å². The first-order chi connectivity index (χ1) is 22.9. The molecule has 0 spiro atoms. The van der Waals surface area contributed by atoms with Gasteiger partial charge in [-0.25, -0.2) is 9.97 Å². The summed E-state index contributed by atoms with van der Waals surface area (Å²) in [5.74, 6) is 0.943. The van der Waals surface area contributed by atoms with Crippen molar-refractivity contribution in [1.29, 1.82) is 0 Å². The summed E-state index contributed by atoms with van der Waals surface area (Å²) in [5.41, 5.74) is 1.87. The van der Waals surface area contributed by atoms with Crippen LogP contribution in [0.25, 0.3) is 22.1 Å². The molecule has 0 amide bonds. The van der Waals surface area contributed by atoms with Gasteiger partial charge < -0.3 is 22.8 Å². The molecule has 4 heterocycles. The van der Waals surface area contributed by atoms with E-state index < -0.39 is 37.3 Å². The quantitative estimate of drug-likeness (QED) is 0.147. The van der Waals surface area contributed by atoms with Crippen molar-refractivity contribution in [2.45, 2.75) is 141 Å². The molecule has 4 atom stereocenters. The number of imidazole rings is 1.